The van der Waals surface area contributed by atoms with Crippen LogP contribution in [0.15, 0.2) is 60.0 Å². The fourth-order valence-electron chi connectivity index (χ4n) is 4.25. The molecule has 0 unspecified atom stereocenters. The largest absolute Gasteiger partial charge is 0.369 e. The molecule has 1 aromatic heterocycles. The van der Waals surface area contributed by atoms with E-state index in [9.17, 15) is 9.59 Å². The van der Waals surface area contributed by atoms with Gasteiger partial charge in [-0.15, -0.1) is 11.3 Å². The Kier molecular flexibility index (Phi) is 6.67. The number of nitrogens with zero attached hydrogens (tertiary/aromatic N) is 3. The molecular formula is C25H28N4O2S. The zero-order valence-electron chi connectivity index (χ0n) is 18.4. The molecule has 1 fully saturated rings. The predicted octanol–water partition coefficient (Wildman–Crippen LogP) is 3.14. The Labute approximate surface area is 192 Å². The summed E-state index contributed by atoms with van der Waals surface area (Å²) < 4.78 is 0. The number of likely N-dealkylation sites (N-methyl/N-ethyl adjacent to an activating group) is 2. The quantitative estimate of drug-likeness (QED) is 0.602. The first-order valence-electron chi connectivity index (χ1n) is 10.7. The van der Waals surface area contributed by atoms with Crippen molar-refractivity contribution < 1.29 is 9.59 Å². The Balaban J connectivity index is 1.35. The molecule has 1 aliphatic heterocycles. The third-order valence-electron chi connectivity index (χ3n) is 6.03. The monoisotopic (exact) mass is 448 g/mol. The number of nitrogens with two attached hydrogens (primary N) is 1. The third kappa shape index (κ3) is 5.06. The van der Waals surface area contributed by atoms with Crippen LogP contribution in [-0.2, 0) is 22.6 Å². The minimum atomic E-state index is -0.244. The van der Waals surface area contributed by atoms with Gasteiger partial charge >= 0.3 is 0 Å². The standard InChI is InChI=1S/C25H28N4O2S/c1-28-14-21(22(15-28)24(26)31)18-10-8-17(9-11-18)13-29(2)23(30)12-20-16-32-25(27-20)19-6-4-3-5-7-19/h3-11,16,21-22H,12-15H2,1-2H3,(H2,26,31)/t21-,22+/m1/s1. The molecule has 2 atom stereocenters. The van der Waals surface area contributed by atoms with Crippen LogP contribution in [0.25, 0.3) is 10.6 Å². The molecule has 2 aromatic carbocycles. The highest BCUT2D eigenvalue weighted by molar-refractivity contribution is 7.13. The number of hydrogen-bond acceptors (Lipinski definition) is 5. The lowest BCUT2D eigenvalue weighted by Crippen LogP contribution is -2.29. The van der Waals surface area contributed by atoms with Gasteiger partial charge in [0.1, 0.15) is 5.01 Å². The predicted molar refractivity (Wildman–Crippen MR) is 127 cm³/mol. The minimum absolute atomic E-state index is 0.0326. The molecule has 0 saturated carbocycles. The number of benzene rings is 2. The van der Waals surface area contributed by atoms with E-state index in [-0.39, 0.29) is 30.1 Å². The van der Waals surface area contributed by atoms with Gasteiger partial charge in [0.05, 0.1) is 18.0 Å². The highest BCUT2D eigenvalue weighted by Gasteiger charge is 2.35. The Bertz CT molecular complexity index is 1080. The Morgan fingerprint density at radius 2 is 1.84 bits per heavy atom. The van der Waals surface area contributed by atoms with E-state index in [4.69, 9.17) is 5.73 Å². The Hall–Kier alpha value is -3.03. The molecule has 2 N–H and O–H groups in total. The zero-order chi connectivity index (χ0) is 22.7. The molecule has 0 aliphatic carbocycles. The molecule has 0 spiro atoms. The summed E-state index contributed by atoms with van der Waals surface area (Å²) in [4.78, 5) is 33.0. The molecule has 7 heteroatoms. The van der Waals surface area contributed by atoms with E-state index >= 15 is 0 Å². The fraction of sp³-hybridized carbons (Fsp3) is 0.320. The van der Waals surface area contributed by atoms with Gasteiger partial charge in [-0.2, -0.15) is 0 Å². The van der Waals surface area contributed by atoms with Crippen molar-refractivity contribution in [3.63, 3.8) is 0 Å². The zero-order valence-corrected chi connectivity index (χ0v) is 19.2. The summed E-state index contributed by atoms with van der Waals surface area (Å²) in [5.74, 6) is -0.250. The number of rotatable bonds is 7. The summed E-state index contributed by atoms with van der Waals surface area (Å²) >= 11 is 1.56. The van der Waals surface area contributed by atoms with Gasteiger partial charge in [-0.1, -0.05) is 54.6 Å². The maximum absolute atomic E-state index is 12.7. The van der Waals surface area contributed by atoms with E-state index in [0.29, 0.717) is 13.1 Å². The molecule has 2 amide bonds. The summed E-state index contributed by atoms with van der Waals surface area (Å²) in [6.45, 7) is 2.05. The highest BCUT2D eigenvalue weighted by atomic mass is 32.1. The number of hydrogen-bond donors (Lipinski definition) is 1. The van der Waals surface area contributed by atoms with E-state index < -0.39 is 0 Å². The number of carbonyl (C=O) groups is 2. The molecule has 166 valence electrons. The normalized spacial score (nSPS) is 18.6. The number of carbonyl (C=O) groups excluding carboxylic acids is 2. The number of amides is 2. The van der Waals surface area contributed by atoms with Gasteiger partial charge in [0, 0.05) is 43.5 Å². The second kappa shape index (κ2) is 9.63. The first-order valence-corrected chi connectivity index (χ1v) is 11.6. The van der Waals surface area contributed by atoms with Gasteiger partial charge in [0.15, 0.2) is 0 Å². The van der Waals surface area contributed by atoms with Crippen molar-refractivity contribution in [2.75, 3.05) is 27.2 Å². The maximum atomic E-state index is 12.7. The number of thiazole rings is 1. The maximum Gasteiger partial charge on any atom is 0.228 e. The van der Waals surface area contributed by atoms with E-state index in [0.717, 1.165) is 33.9 Å². The minimum Gasteiger partial charge on any atom is -0.369 e. The van der Waals surface area contributed by atoms with Crippen LogP contribution < -0.4 is 5.73 Å². The average Bonchev–Trinajstić information content (AvgIpc) is 3.41. The second-order valence-corrected chi connectivity index (χ2v) is 9.37. The Morgan fingerprint density at radius 3 is 2.53 bits per heavy atom. The van der Waals surface area contributed by atoms with Gasteiger partial charge in [-0.25, -0.2) is 4.98 Å². The van der Waals surface area contributed by atoms with Crippen molar-refractivity contribution in [3.8, 4) is 10.6 Å². The molecule has 1 aliphatic rings. The van der Waals surface area contributed by atoms with E-state index in [2.05, 4.69) is 22.0 Å². The highest BCUT2D eigenvalue weighted by Crippen LogP contribution is 2.32. The van der Waals surface area contributed by atoms with Crippen LogP contribution in [-0.4, -0.2) is 53.8 Å². The molecule has 0 bridgehead atoms. The molecule has 1 saturated heterocycles. The van der Waals surface area contributed by atoms with Crippen LogP contribution in [0.3, 0.4) is 0 Å². The number of likely N-dealkylation sites (tertiary alicyclic amines) is 1. The smallest absolute Gasteiger partial charge is 0.228 e. The van der Waals surface area contributed by atoms with Gasteiger partial charge < -0.3 is 15.5 Å². The summed E-state index contributed by atoms with van der Waals surface area (Å²) in [6, 6.07) is 18.2. The third-order valence-corrected chi connectivity index (χ3v) is 6.97. The SMILES string of the molecule is CN1C[C@H](C(N)=O)[C@@H](c2ccc(CN(C)C(=O)Cc3csc(-c4ccccc4)n3)cc2)C1. The van der Waals surface area contributed by atoms with Crippen molar-refractivity contribution in [2.24, 2.45) is 11.7 Å². The molecule has 6 nitrogen and oxygen atoms in total. The average molecular weight is 449 g/mol. The van der Waals surface area contributed by atoms with Crippen molar-refractivity contribution in [3.05, 3.63) is 76.8 Å². The molecule has 3 aromatic rings. The van der Waals surface area contributed by atoms with E-state index in [1.807, 2.05) is 61.9 Å². The van der Waals surface area contributed by atoms with Gasteiger partial charge in [0.2, 0.25) is 11.8 Å². The van der Waals surface area contributed by atoms with Gasteiger partial charge in [0.25, 0.3) is 0 Å². The topological polar surface area (TPSA) is 79.5 Å². The van der Waals surface area contributed by atoms with Crippen molar-refractivity contribution in [1.29, 1.82) is 0 Å². The van der Waals surface area contributed by atoms with E-state index in [1.165, 1.54) is 0 Å². The van der Waals surface area contributed by atoms with Crippen molar-refractivity contribution >= 4 is 23.2 Å². The summed E-state index contributed by atoms with van der Waals surface area (Å²) in [6.07, 6.45) is 0.284. The van der Waals surface area contributed by atoms with Crippen LogP contribution in [0.4, 0.5) is 0 Å². The first kappa shape index (κ1) is 22.2. The van der Waals surface area contributed by atoms with Crippen LogP contribution in [0.1, 0.15) is 22.7 Å². The fourth-order valence-corrected chi connectivity index (χ4v) is 5.08. The second-order valence-electron chi connectivity index (χ2n) is 8.51. The summed E-state index contributed by atoms with van der Waals surface area (Å²) in [5.41, 5.74) is 9.63. The van der Waals surface area contributed by atoms with Crippen molar-refractivity contribution in [2.45, 2.75) is 18.9 Å². The van der Waals surface area contributed by atoms with Gasteiger partial charge in [-0.3, -0.25) is 9.59 Å². The lowest BCUT2D eigenvalue weighted by Gasteiger charge is -2.19. The number of primary amides is 1. The molecule has 0 radical (unpaired) electrons. The van der Waals surface area contributed by atoms with Crippen LogP contribution in [0.2, 0.25) is 0 Å². The lowest BCUT2D eigenvalue weighted by atomic mass is 9.88. The number of aromatic nitrogens is 1. The summed E-state index contributed by atoms with van der Waals surface area (Å²) in [7, 11) is 3.83. The van der Waals surface area contributed by atoms with Crippen LogP contribution in [0, 0.1) is 5.92 Å². The van der Waals surface area contributed by atoms with Crippen molar-refractivity contribution in [1.82, 2.24) is 14.8 Å². The Morgan fingerprint density at radius 1 is 1.12 bits per heavy atom. The van der Waals surface area contributed by atoms with Crippen LogP contribution >= 0.6 is 11.3 Å². The molecule has 4 rings (SSSR count). The first-order chi connectivity index (χ1) is 15.4. The molecule has 32 heavy (non-hydrogen) atoms. The summed E-state index contributed by atoms with van der Waals surface area (Å²) in [5, 5.41) is 2.88. The van der Waals surface area contributed by atoms with Gasteiger partial charge in [-0.05, 0) is 18.2 Å². The lowest BCUT2D eigenvalue weighted by molar-refractivity contribution is -0.129. The molecule has 2 heterocycles. The van der Waals surface area contributed by atoms with Crippen LogP contribution in [0.5, 0.6) is 0 Å². The van der Waals surface area contributed by atoms with E-state index in [1.54, 1.807) is 16.2 Å². The molecular weight excluding hydrogens is 420 g/mol.